The number of carbonyl (C=O) groups excluding carboxylic acids is 1. The molecule has 2 N–H and O–H groups in total. The van der Waals surface area contributed by atoms with Gasteiger partial charge >= 0.3 is 0 Å². The fraction of sp³-hybridized carbons (Fsp3) is 0.500. The van der Waals surface area contributed by atoms with Crippen molar-refractivity contribution in [3.63, 3.8) is 0 Å². The van der Waals surface area contributed by atoms with Crippen LogP contribution in [-0.2, 0) is 4.79 Å². The summed E-state index contributed by atoms with van der Waals surface area (Å²) in [6, 6.07) is 7.51. The van der Waals surface area contributed by atoms with Gasteiger partial charge in [0.25, 0.3) is 0 Å². The molecule has 1 fully saturated rings. The first-order valence-electron chi connectivity index (χ1n) is 6.45. The summed E-state index contributed by atoms with van der Waals surface area (Å²) in [7, 11) is 0. The van der Waals surface area contributed by atoms with E-state index in [1.54, 1.807) is 0 Å². The normalized spacial score (nSPS) is 15.9. The van der Waals surface area contributed by atoms with Crippen molar-refractivity contribution in [2.45, 2.75) is 13.8 Å². The van der Waals surface area contributed by atoms with E-state index in [-0.39, 0.29) is 24.2 Å². The van der Waals surface area contributed by atoms with Crippen molar-refractivity contribution < 1.29 is 9.53 Å². The highest BCUT2D eigenvalue weighted by atomic mass is 35.5. The van der Waals surface area contributed by atoms with Gasteiger partial charge in [-0.05, 0) is 38.1 Å². The molecule has 0 spiro atoms. The SMILES string of the molecule is CCOc1cccc(NC(=O)C(C)C2CNC2)c1.Cl. The molecule has 106 valence electrons. The van der Waals surface area contributed by atoms with Crippen molar-refractivity contribution in [3.05, 3.63) is 24.3 Å². The quantitative estimate of drug-likeness (QED) is 0.872. The number of rotatable bonds is 5. The summed E-state index contributed by atoms with van der Waals surface area (Å²) >= 11 is 0. The minimum atomic E-state index is 0. The molecule has 2 rings (SSSR count). The van der Waals surface area contributed by atoms with Gasteiger partial charge in [-0.15, -0.1) is 12.4 Å². The molecule has 1 saturated heterocycles. The van der Waals surface area contributed by atoms with Crippen molar-refractivity contribution in [2.24, 2.45) is 11.8 Å². The van der Waals surface area contributed by atoms with E-state index in [0.29, 0.717) is 12.5 Å². The van der Waals surface area contributed by atoms with E-state index in [9.17, 15) is 4.79 Å². The molecule has 19 heavy (non-hydrogen) atoms. The van der Waals surface area contributed by atoms with Crippen LogP contribution in [-0.4, -0.2) is 25.6 Å². The van der Waals surface area contributed by atoms with Crippen LogP contribution in [0.1, 0.15) is 13.8 Å². The topological polar surface area (TPSA) is 50.4 Å². The third-order valence-corrected chi connectivity index (χ3v) is 3.35. The second kappa shape index (κ2) is 7.36. The third kappa shape index (κ3) is 4.11. The second-order valence-electron chi connectivity index (χ2n) is 4.66. The third-order valence-electron chi connectivity index (χ3n) is 3.35. The fourth-order valence-corrected chi connectivity index (χ4v) is 1.97. The lowest BCUT2D eigenvalue weighted by atomic mass is 9.88. The Morgan fingerprint density at radius 2 is 2.26 bits per heavy atom. The maximum atomic E-state index is 12.0. The van der Waals surface area contributed by atoms with E-state index >= 15 is 0 Å². The van der Waals surface area contributed by atoms with E-state index < -0.39 is 0 Å². The minimum absolute atomic E-state index is 0. The second-order valence-corrected chi connectivity index (χ2v) is 4.66. The van der Waals surface area contributed by atoms with E-state index in [0.717, 1.165) is 24.5 Å². The zero-order valence-electron chi connectivity index (χ0n) is 11.3. The molecule has 1 heterocycles. The molecular weight excluding hydrogens is 264 g/mol. The number of amides is 1. The maximum absolute atomic E-state index is 12.0. The first-order valence-corrected chi connectivity index (χ1v) is 6.45. The average molecular weight is 285 g/mol. The number of anilines is 1. The predicted molar refractivity (Wildman–Crippen MR) is 79.0 cm³/mol. The van der Waals surface area contributed by atoms with Gasteiger partial charge in [0, 0.05) is 17.7 Å². The highest BCUT2D eigenvalue weighted by Gasteiger charge is 2.28. The average Bonchev–Trinajstić information content (AvgIpc) is 2.27. The summed E-state index contributed by atoms with van der Waals surface area (Å²) in [5, 5.41) is 6.13. The Bertz CT molecular complexity index is 422. The molecule has 1 aromatic rings. The summed E-state index contributed by atoms with van der Waals surface area (Å²) in [4.78, 5) is 12.0. The van der Waals surface area contributed by atoms with E-state index in [4.69, 9.17) is 4.74 Å². The van der Waals surface area contributed by atoms with Gasteiger partial charge in [-0.1, -0.05) is 13.0 Å². The molecule has 1 aliphatic rings. The van der Waals surface area contributed by atoms with Gasteiger partial charge in [-0.3, -0.25) is 4.79 Å². The van der Waals surface area contributed by atoms with Crippen LogP contribution in [0.15, 0.2) is 24.3 Å². The number of nitrogens with one attached hydrogen (secondary N) is 2. The van der Waals surface area contributed by atoms with E-state index in [1.807, 2.05) is 38.1 Å². The molecule has 1 amide bonds. The van der Waals surface area contributed by atoms with Gasteiger partial charge in [-0.25, -0.2) is 0 Å². The van der Waals surface area contributed by atoms with Gasteiger partial charge < -0.3 is 15.4 Å². The Labute approximate surface area is 120 Å². The Kier molecular flexibility index (Phi) is 6.12. The number of hydrogen-bond donors (Lipinski definition) is 2. The molecule has 0 aliphatic carbocycles. The zero-order chi connectivity index (χ0) is 13.0. The monoisotopic (exact) mass is 284 g/mol. The first-order chi connectivity index (χ1) is 8.70. The molecule has 0 bridgehead atoms. The van der Waals surface area contributed by atoms with E-state index in [2.05, 4.69) is 10.6 Å². The van der Waals surface area contributed by atoms with Crippen LogP contribution in [0, 0.1) is 11.8 Å². The van der Waals surface area contributed by atoms with Crippen molar-refractivity contribution in [1.82, 2.24) is 5.32 Å². The zero-order valence-corrected chi connectivity index (χ0v) is 12.1. The van der Waals surface area contributed by atoms with Crippen LogP contribution in [0.2, 0.25) is 0 Å². The van der Waals surface area contributed by atoms with Gasteiger partial charge in [0.2, 0.25) is 5.91 Å². The van der Waals surface area contributed by atoms with Crippen LogP contribution < -0.4 is 15.4 Å². The van der Waals surface area contributed by atoms with Crippen molar-refractivity contribution in [3.8, 4) is 5.75 Å². The fourth-order valence-electron chi connectivity index (χ4n) is 1.97. The van der Waals surface area contributed by atoms with Crippen LogP contribution in [0.4, 0.5) is 5.69 Å². The van der Waals surface area contributed by atoms with Crippen LogP contribution in [0.5, 0.6) is 5.75 Å². The van der Waals surface area contributed by atoms with Crippen LogP contribution in [0.25, 0.3) is 0 Å². The van der Waals surface area contributed by atoms with Crippen molar-refractivity contribution in [2.75, 3.05) is 25.0 Å². The van der Waals surface area contributed by atoms with Gasteiger partial charge in [-0.2, -0.15) is 0 Å². The highest BCUT2D eigenvalue weighted by molar-refractivity contribution is 5.92. The van der Waals surface area contributed by atoms with Crippen molar-refractivity contribution >= 4 is 24.0 Å². The molecule has 1 aromatic carbocycles. The van der Waals surface area contributed by atoms with Crippen LogP contribution in [0.3, 0.4) is 0 Å². The molecular formula is C14H21ClN2O2. The predicted octanol–water partition coefficient (Wildman–Crippen LogP) is 2.30. The molecule has 0 radical (unpaired) electrons. The lowest BCUT2D eigenvalue weighted by molar-refractivity contribution is -0.121. The Hall–Kier alpha value is -1.26. The van der Waals surface area contributed by atoms with E-state index in [1.165, 1.54) is 0 Å². The van der Waals surface area contributed by atoms with Gasteiger partial charge in [0.1, 0.15) is 5.75 Å². The molecule has 1 unspecified atom stereocenters. The number of benzene rings is 1. The smallest absolute Gasteiger partial charge is 0.227 e. The molecule has 5 heteroatoms. The Morgan fingerprint density at radius 1 is 1.53 bits per heavy atom. The lowest BCUT2D eigenvalue weighted by Gasteiger charge is -2.31. The summed E-state index contributed by atoms with van der Waals surface area (Å²) in [6.45, 7) is 6.42. The number of halogens is 1. The van der Waals surface area contributed by atoms with Crippen molar-refractivity contribution in [1.29, 1.82) is 0 Å². The summed E-state index contributed by atoms with van der Waals surface area (Å²) in [6.07, 6.45) is 0. The molecule has 0 aromatic heterocycles. The summed E-state index contributed by atoms with van der Waals surface area (Å²) in [5.74, 6) is 1.37. The molecule has 1 aliphatic heterocycles. The first kappa shape index (κ1) is 15.8. The molecule has 0 saturated carbocycles. The standard InChI is InChI=1S/C14H20N2O2.ClH/c1-3-18-13-6-4-5-12(7-13)16-14(17)10(2)11-8-15-9-11;/h4-7,10-11,15H,3,8-9H2,1-2H3,(H,16,17);1H. The Balaban J connectivity index is 0.00000180. The number of carbonyl (C=O) groups is 1. The highest BCUT2D eigenvalue weighted by Crippen LogP contribution is 2.21. The summed E-state index contributed by atoms with van der Waals surface area (Å²) in [5.41, 5.74) is 0.796. The summed E-state index contributed by atoms with van der Waals surface area (Å²) < 4.78 is 5.41. The van der Waals surface area contributed by atoms with Gasteiger partial charge in [0.15, 0.2) is 0 Å². The van der Waals surface area contributed by atoms with Gasteiger partial charge in [0.05, 0.1) is 6.61 Å². The number of hydrogen-bond acceptors (Lipinski definition) is 3. The molecule has 4 nitrogen and oxygen atoms in total. The lowest BCUT2D eigenvalue weighted by Crippen LogP contribution is -2.48. The van der Waals surface area contributed by atoms with Crippen LogP contribution >= 0.6 is 12.4 Å². The largest absolute Gasteiger partial charge is 0.494 e. The molecule has 1 atom stereocenters. The Morgan fingerprint density at radius 3 is 2.84 bits per heavy atom. The number of ether oxygens (including phenoxy) is 1. The maximum Gasteiger partial charge on any atom is 0.227 e. The minimum Gasteiger partial charge on any atom is -0.494 e.